The van der Waals surface area contributed by atoms with Crippen molar-refractivity contribution < 1.29 is 4.79 Å². The number of rotatable bonds is 3. The van der Waals surface area contributed by atoms with Crippen LogP contribution < -0.4 is 5.32 Å². The summed E-state index contributed by atoms with van der Waals surface area (Å²) in [5.74, 6) is 1.75. The van der Waals surface area contributed by atoms with E-state index in [9.17, 15) is 4.79 Å². The summed E-state index contributed by atoms with van der Waals surface area (Å²) in [4.78, 5) is 15.6. The van der Waals surface area contributed by atoms with Gasteiger partial charge < -0.3 is 10.2 Å². The summed E-state index contributed by atoms with van der Waals surface area (Å²) in [7, 11) is 2.15. The Labute approximate surface area is 144 Å². The molecule has 128 valence electrons. The smallest absolute Gasteiger partial charge is 0.226 e. The molecule has 3 heteroatoms. The van der Waals surface area contributed by atoms with E-state index >= 15 is 0 Å². The van der Waals surface area contributed by atoms with Crippen LogP contribution in [0.1, 0.15) is 44.1 Å². The fourth-order valence-electron chi connectivity index (χ4n) is 6.77. The maximum absolute atomic E-state index is 13.3. The minimum Gasteiger partial charge on any atom is -0.352 e. The van der Waals surface area contributed by atoms with Crippen LogP contribution in [0.5, 0.6) is 0 Å². The van der Waals surface area contributed by atoms with Crippen LogP contribution in [0.3, 0.4) is 0 Å². The Morgan fingerprint density at radius 3 is 2.79 bits per heavy atom. The quantitative estimate of drug-likeness (QED) is 0.927. The average Bonchev–Trinajstić information content (AvgIpc) is 3.17. The van der Waals surface area contributed by atoms with Crippen molar-refractivity contribution >= 4 is 5.91 Å². The Kier molecular flexibility index (Phi) is 3.16. The molecule has 1 amide bonds. The van der Waals surface area contributed by atoms with Gasteiger partial charge in [-0.25, -0.2) is 0 Å². The first-order valence-corrected chi connectivity index (χ1v) is 9.65. The van der Waals surface area contributed by atoms with Crippen LogP contribution in [0.2, 0.25) is 0 Å². The van der Waals surface area contributed by atoms with Gasteiger partial charge >= 0.3 is 0 Å². The van der Waals surface area contributed by atoms with E-state index in [1.165, 1.54) is 24.8 Å². The molecule has 4 unspecified atom stereocenters. The molecular formula is C21H28N2O. The zero-order valence-electron chi connectivity index (χ0n) is 14.6. The van der Waals surface area contributed by atoms with Crippen LogP contribution in [0.4, 0.5) is 0 Å². The lowest BCUT2D eigenvalue weighted by Crippen LogP contribution is -2.48. The first kappa shape index (κ1) is 14.9. The molecule has 4 bridgehead atoms. The lowest BCUT2D eigenvalue weighted by atomic mass is 9.63. The number of amides is 1. The second-order valence-electron chi connectivity index (χ2n) is 9.11. The van der Waals surface area contributed by atoms with E-state index in [2.05, 4.69) is 47.6 Å². The molecular weight excluding hydrogens is 296 g/mol. The number of hydrogen-bond donors (Lipinski definition) is 1. The van der Waals surface area contributed by atoms with Gasteiger partial charge in [0, 0.05) is 12.6 Å². The largest absolute Gasteiger partial charge is 0.352 e. The number of nitrogens with one attached hydrogen (secondary N) is 1. The summed E-state index contributed by atoms with van der Waals surface area (Å²) in [6.45, 7) is 2.12. The molecule has 1 aliphatic heterocycles. The van der Waals surface area contributed by atoms with Crippen molar-refractivity contribution in [2.45, 2.75) is 50.0 Å². The van der Waals surface area contributed by atoms with Gasteiger partial charge in [0.1, 0.15) is 0 Å². The molecule has 4 saturated carbocycles. The molecule has 4 aliphatic carbocycles. The zero-order chi connectivity index (χ0) is 16.4. The number of likely N-dealkylation sites (N-methyl/N-ethyl adjacent to an activating group) is 1. The summed E-state index contributed by atoms with van der Waals surface area (Å²) in [5.41, 5.74) is 1.69. The monoisotopic (exact) mass is 324 g/mol. The third-order valence-electron chi connectivity index (χ3n) is 7.59. The normalized spacial score (nSPS) is 43.5. The second-order valence-corrected chi connectivity index (χ2v) is 9.11. The summed E-state index contributed by atoms with van der Waals surface area (Å²) in [6.07, 6.45) is 7.14. The third kappa shape index (κ3) is 2.03. The Balaban J connectivity index is 1.42. The van der Waals surface area contributed by atoms with Crippen molar-refractivity contribution in [1.29, 1.82) is 0 Å². The van der Waals surface area contributed by atoms with Gasteiger partial charge in [-0.05, 0) is 74.9 Å². The summed E-state index contributed by atoms with van der Waals surface area (Å²) in [6, 6.07) is 11.4. The van der Waals surface area contributed by atoms with Crippen molar-refractivity contribution in [2.24, 2.45) is 17.3 Å². The van der Waals surface area contributed by atoms with Crippen LogP contribution in [0, 0.1) is 17.3 Å². The molecule has 1 N–H and O–H groups in total. The van der Waals surface area contributed by atoms with Crippen LogP contribution in [-0.4, -0.2) is 37.0 Å². The van der Waals surface area contributed by atoms with E-state index < -0.39 is 0 Å². The predicted molar refractivity (Wildman–Crippen MR) is 94.7 cm³/mol. The molecule has 1 saturated heterocycles. The zero-order valence-corrected chi connectivity index (χ0v) is 14.6. The molecule has 5 fully saturated rings. The van der Waals surface area contributed by atoms with Gasteiger partial charge in [-0.15, -0.1) is 0 Å². The molecule has 1 heterocycles. The van der Waals surface area contributed by atoms with Crippen molar-refractivity contribution in [3.05, 3.63) is 35.9 Å². The molecule has 3 nitrogen and oxygen atoms in total. The minimum absolute atomic E-state index is 0.0695. The average molecular weight is 324 g/mol. The van der Waals surface area contributed by atoms with Crippen LogP contribution >= 0.6 is 0 Å². The fourth-order valence-corrected chi connectivity index (χ4v) is 6.77. The molecule has 5 aliphatic rings. The van der Waals surface area contributed by atoms with E-state index in [1.54, 1.807) is 0 Å². The van der Waals surface area contributed by atoms with Gasteiger partial charge in [0.05, 0.1) is 5.41 Å². The SMILES string of the molecule is CN1CC[C@@H](NC(=O)C23CC4CC2CC(c2ccccc2)(C4)C3)C1. The summed E-state index contributed by atoms with van der Waals surface area (Å²) in [5, 5.41) is 3.44. The highest BCUT2D eigenvalue weighted by Crippen LogP contribution is 2.70. The molecule has 1 aromatic rings. The maximum atomic E-state index is 13.3. The molecule has 5 atom stereocenters. The van der Waals surface area contributed by atoms with Crippen molar-refractivity contribution in [1.82, 2.24) is 10.2 Å². The van der Waals surface area contributed by atoms with E-state index in [0.717, 1.165) is 38.3 Å². The number of likely N-dealkylation sites (tertiary alicyclic amines) is 1. The Bertz CT molecular complexity index is 659. The van der Waals surface area contributed by atoms with Crippen molar-refractivity contribution in [2.75, 3.05) is 20.1 Å². The number of benzene rings is 1. The standard InChI is InChI=1S/C21H28N2O/c1-23-8-7-18(13-23)22-19(24)21-11-15-9-17(21)12-20(10-15,14-21)16-5-3-2-4-6-16/h2-6,15,17-18H,7-14H2,1H3,(H,22,24)/t15?,17?,18-,20?,21?/m1/s1. The highest BCUT2D eigenvalue weighted by atomic mass is 16.2. The minimum atomic E-state index is -0.0695. The van der Waals surface area contributed by atoms with Crippen LogP contribution in [0.25, 0.3) is 0 Å². The molecule has 0 spiro atoms. The summed E-state index contributed by atoms with van der Waals surface area (Å²) >= 11 is 0. The van der Waals surface area contributed by atoms with Crippen molar-refractivity contribution in [3.8, 4) is 0 Å². The maximum Gasteiger partial charge on any atom is 0.226 e. The molecule has 0 radical (unpaired) electrons. The molecule has 0 aromatic heterocycles. The van der Waals surface area contributed by atoms with Crippen LogP contribution in [-0.2, 0) is 10.2 Å². The van der Waals surface area contributed by atoms with E-state index in [1.807, 2.05) is 0 Å². The Hall–Kier alpha value is -1.35. The van der Waals surface area contributed by atoms with Gasteiger partial charge in [0.15, 0.2) is 0 Å². The Morgan fingerprint density at radius 1 is 1.21 bits per heavy atom. The van der Waals surface area contributed by atoms with E-state index in [0.29, 0.717) is 17.9 Å². The lowest BCUT2D eigenvalue weighted by molar-refractivity contribution is -0.133. The topological polar surface area (TPSA) is 32.3 Å². The molecule has 24 heavy (non-hydrogen) atoms. The van der Waals surface area contributed by atoms with Gasteiger partial charge in [0.2, 0.25) is 5.91 Å². The van der Waals surface area contributed by atoms with E-state index in [4.69, 9.17) is 0 Å². The van der Waals surface area contributed by atoms with E-state index in [-0.39, 0.29) is 10.8 Å². The number of carbonyl (C=O) groups is 1. The molecule has 6 rings (SSSR count). The van der Waals surface area contributed by atoms with Gasteiger partial charge in [-0.1, -0.05) is 30.3 Å². The van der Waals surface area contributed by atoms with Gasteiger partial charge in [0.25, 0.3) is 0 Å². The van der Waals surface area contributed by atoms with Crippen LogP contribution in [0.15, 0.2) is 30.3 Å². The number of hydrogen-bond acceptors (Lipinski definition) is 2. The fraction of sp³-hybridized carbons (Fsp3) is 0.667. The highest BCUT2D eigenvalue weighted by molar-refractivity contribution is 5.85. The van der Waals surface area contributed by atoms with Gasteiger partial charge in [-0.3, -0.25) is 4.79 Å². The first-order chi connectivity index (χ1) is 11.6. The predicted octanol–water partition coefficient (Wildman–Crippen LogP) is 2.95. The Morgan fingerprint density at radius 2 is 2.04 bits per heavy atom. The number of carbonyl (C=O) groups excluding carboxylic acids is 1. The second kappa shape index (κ2) is 5.08. The van der Waals surface area contributed by atoms with Gasteiger partial charge in [-0.2, -0.15) is 0 Å². The summed E-state index contributed by atoms with van der Waals surface area (Å²) < 4.78 is 0. The first-order valence-electron chi connectivity index (χ1n) is 9.65. The third-order valence-corrected chi connectivity index (χ3v) is 7.59. The highest BCUT2D eigenvalue weighted by Gasteiger charge is 2.67. The molecule has 1 aromatic carbocycles. The number of nitrogens with zero attached hydrogens (tertiary/aromatic N) is 1. The van der Waals surface area contributed by atoms with Crippen molar-refractivity contribution in [3.63, 3.8) is 0 Å². The lowest BCUT2D eigenvalue weighted by Gasteiger charge is -2.41.